The summed E-state index contributed by atoms with van der Waals surface area (Å²) < 4.78 is 19.2. The van der Waals surface area contributed by atoms with E-state index in [1.54, 1.807) is 0 Å². The third-order valence-electron chi connectivity index (χ3n) is 0. The Balaban J connectivity index is 4.06. The first-order chi connectivity index (χ1) is 2.00. The Hall–Kier alpha value is 1.25. The minimum absolute atomic E-state index is 2.39. The molecule has 0 radical (unpaired) electrons. The van der Waals surface area contributed by atoms with E-state index in [4.69, 9.17) is 0 Å². The Bertz CT molecular complexity index is 90.8. The molecule has 0 heterocycles. The zero-order valence-electron chi connectivity index (χ0n) is 1.98. The second-order valence-electron chi connectivity index (χ2n) is 0.378. The SMILES string of the molecule is [O]=[W](=[O])([Br])[Br]. The van der Waals surface area contributed by atoms with Crippen molar-refractivity contribution in [1.82, 2.24) is 0 Å². The molecule has 0 saturated heterocycles. The summed E-state index contributed by atoms with van der Waals surface area (Å²) in [5.74, 6) is 0. The standard InChI is InChI=1S/2BrH.2O.W/h2*1H;;;/q;;;;+2/p-2. The maximum absolute atomic E-state index is 9.59. The number of hydrogen-bond donors (Lipinski definition) is 0. The van der Waals surface area contributed by atoms with E-state index in [-0.39, 0.29) is 0 Å². The van der Waals surface area contributed by atoms with Crippen molar-refractivity contribution in [3.63, 3.8) is 0 Å². The fraction of sp³-hybridized carbons (Fsp3) is 0. The van der Waals surface area contributed by atoms with Crippen molar-refractivity contribution in [2.45, 2.75) is 0 Å². The number of rotatable bonds is 0. The van der Waals surface area contributed by atoms with Gasteiger partial charge in [-0.05, 0) is 0 Å². The van der Waals surface area contributed by atoms with Crippen LogP contribution in [0.25, 0.3) is 0 Å². The molecule has 5 heteroatoms. The van der Waals surface area contributed by atoms with E-state index in [1.165, 1.54) is 0 Å². The van der Waals surface area contributed by atoms with Crippen molar-refractivity contribution in [3.8, 4) is 0 Å². The van der Waals surface area contributed by atoms with Crippen molar-refractivity contribution in [2.75, 3.05) is 0 Å². The second kappa shape index (κ2) is 1.80. The van der Waals surface area contributed by atoms with Crippen molar-refractivity contribution < 1.29 is 18.7 Å². The van der Waals surface area contributed by atoms with Gasteiger partial charge < -0.3 is 0 Å². The summed E-state index contributed by atoms with van der Waals surface area (Å²) in [5.41, 5.74) is 0. The van der Waals surface area contributed by atoms with Crippen LogP contribution in [-0.4, -0.2) is 0 Å². The fourth-order valence-corrected chi connectivity index (χ4v) is 0. The quantitative estimate of drug-likeness (QED) is 0.642. The molecular weight excluding hydrogens is 376 g/mol. The third kappa shape index (κ3) is 35.5. The molecule has 0 unspecified atom stereocenters. The first kappa shape index (κ1) is 6.25. The molecule has 5 heavy (non-hydrogen) atoms. The molecule has 0 bridgehead atoms. The molecule has 0 saturated carbocycles. The van der Waals surface area contributed by atoms with Crippen molar-refractivity contribution in [3.05, 3.63) is 0 Å². The maximum atomic E-state index is 9.59. The van der Waals surface area contributed by atoms with Gasteiger partial charge in [-0.1, -0.05) is 0 Å². The van der Waals surface area contributed by atoms with Gasteiger partial charge in [-0.3, -0.25) is 0 Å². The monoisotopic (exact) mass is 374 g/mol. The molecule has 0 rings (SSSR count). The van der Waals surface area contributed by atoms with Gasteiger partial charge in [-0.25, -0.2) is 0 Å². The van der Waals surface area contributed by atoms with E-state index in [9.17, 15) is 6.80 Å². The van der Waals surface area contributed by atoms with E-state index < -0.39 is 11.9 Å². The molecule has 0 amide bonds. The van der Waals surface area contributed by atoms with Crippen molar-refractivity contribution in [2.24, 2.45) is 0 Å². The summed E-state index contributed by atoms with van der Waals surface area (Å²) in [6.07, 6.45) is 0. The van der Waals surface area contributed by atoms with Crippen LogP contribution < -0.4 is 0 Å². The molecule has 0 aliphatic carbocycles. The predicted octanol–water partition coefficient (Wildman–Crippen LogP) is 1.45. The molecule has 0 aromatic rings. The molecule has 2 nitrogen and oxygen atoms in total. The molecule has 0 fully saturated rings. The molecular formula is Br2O2W. The van der Waals surface area contributed by atoms with E-state index in [2.05, 4.69) is 26.6 Å². The van der Waals surface area contributed by atoms with Gasteiger partial charge in [-0.15, -0.1) is 0 Å². The summed E-state index contributed by atoms with van der Waals surface area (Å²) in [6, 6.07) is 0. The van der Waals surface area contributed by atoms with Crippen LogP contribution in [0.5, 0.6) is 0 Å². The van der Waals surface area contributed by atoms with Gasteiger partial charge in [0.05, 0.1) is 0 Å². The van der Waals surface area contributed by atoms with Crippen LogP contribution in [0, 0.1) is 0 Å². The molecule has 0 N–H and O–H groups in total. The van der Waals surface area contributed by atoms with Crippen LogP contribution in [-0.2, 0) is 18.7 Å². The van der Waals surface area contributed by atoms with E-state index in [0.717, 1.165) is 0 Å². The Morgan fingerprint density at radius 3 is 1.20 bits per heavy atom. The van der Waals surface area contributed by atoms with Crippen molar-refractivity contribution >= 4 is 26.6 Å². The van der Waals surface area contributed by atoms with Gasteiger partial charge in [0.25, 0.3) is 0 Å². The zero-order valence-corrected chi connectivity index (χ0v) is 8.09. The average Bonchev–Trinajstić information content (AvgIpc) is 0.722. The first-order valence-corrected chi connectivity index (χ1v) is 15.9. The summed E-state index contributed by atoms with van der Waals surface area (Å²) in [6.45, 7) is 0. The van der Waals surface area contributed by atoms with Crippen LogP contribution in [0.2, 0.25) is 0 Å². The summed E-state index contributed by atoms with van der Waals surface area (Å²) in [4.78, 5) is 0. The Morgan fingerprint density at radius 2 is 1.20 bits per heavy atom. The zero-order chi connectivity index (χ0) is 4.50. The minimum atomic E-state index is -4.04. The van der Waals surface area contributed by atoms with Gasteiger partial charge in [0, 0.05) is 0 Å². The van der Waals surface area contributed by atoms with Crippen LogP contribution in [0.1, 0.15) is 0 Å². The summed E-state index contributed by atoms with van der Waals surface area (Å²) in [7, 11) is 0. The number of halogens is 2. The van der Waals surface area contributed by atoms with Crippen LogP contribution >= 0.6 is 26.6 Å². The molecule has 0 atom stereocenters. The van der Waals surface area contributed by atoms with Gasteiger partial charge in [0.1, 0.15) is 0 Å². The molecule has 0 aliphatic heterocycles. The van der Waals surface area contributed by atoms with Crippen molar-refractivity contribution in [1.29, 1.82) is 0 Å². The predicted molar refractivity (Wildman–Crippen MR) is 19.2 cm³/mol. The average molecular weight is 376 g/mol. The molecule has 32 valence electrons. The molecule has 0 aliphatic rings. The summed E-state index contributed by atoms with van der Waals surface area (Å²) in [5, 5.41) is 0. The molecule has 0 aromatic carbocycles. The second-order valence-corrected chi connectivity index (χ2v) is 24.2. The van der Waals surface area contributed by atoms with Crippen LogP contribution in [0.3, 0.4) is 0 Å². The molecule has 0 aromatic heterocycles. The van der Waals surface area contributed by atoms with Gasteiger partial charge >= 0.3 is 45.3 Å². The molecule has 0 spiro atoms. The number of hydrogen-bond acceptors (Lipinski definition) is 2. The Labute approximate surface area is 45.0 Å². The fourth-order valence-electron chi connectivity index (χ4n) is 0. The Kier molecular flexibility index (Phi) is 2.25. The topological polar surface area (TPSA) is 34.1 Å². The van der Waals surface area contributed by atoms with E-state index in [0.29, 0.717) is 0 Å². The summed E-state index contributed by atoms with van der Waals surface area (Å²) >= 11 is 0.736. The Morgan fingerprint density at radius 1 is 1.20 bits per heavy atom. The van der Waals surface area contributed by atoms with Crippen LogP contribution in [0.4, 0.5) is 0 Å². The first-order valence-electron chi connectivity index (χ1n) is 0.642. The van der Waals surface area contributed by atoms with Gasteiger partial charge in [0.15, 0.2) is 0 Å². The van der Waals surface area contributed by atoms with Gasteiger partial charge in [-0.2, -0.15) is 0 Å². The normalized spacial score (nSPS) is 11.6. The van der Waals surface area contributed by atoms with E-state index in [1.807, 2.05) is 0 Å². The van der Waals surface area contributed by atoms with Gasteiger partial charge in [0.2, 0.25) is 0 Å². The van der Waals surface area contributed by atoms with Crippen LogP contribution in [0.15, 0.2) is 0 Å². The van der Waals surface area contributed by atoms with E-state index >= 15 is 0 Å². The third-order valence-corrected chi connectivity index (χ3v) is 0.